The lowest BCUT2D eigenvalue weighted by Gasteiger charge is -2.10. The second-order valence-corrected chi connectivity index (χ2v) is 6.22. The van der Waals surface area contributed by atoms with E-state index in [4.69, 9.17) is 9.05 Å². The lowest BCUT2D eigenvalue weighted by atomic mass is 10.1. The van der Waals surface area contributed by atoms with Crippen LogP contribution in [-0.4, -0.2) is 20.7 Å². The third-order valence-corrected chi connectivity index (χ3v) is 3.48. The lowest BCUT2D eigenvalue weighted by Crippen LogP contribution is -2.18. The van der Waals surface area contributed by atoms with Crippen molar-refractivity contribution in [2.45, 2.75) is 41.5 Å². The van der Waals surface area contributed by atoms with Crippen LogP contribution in [0.25, 0.3) is 0 Å². The van der Waals surface area contributed by atoms with Gasteiger partial charge in [-0.3, -0.25) is 0 Å². The van der Waals surface area contributed by atoms with Gasteiger partial charge >= 0.3 is 9.28 Å². The van der Waals surface area contributed by atoms with Crippen molar-refractivity contribution in [1.29, 1.82) is 0 Å². The van der Waals surface area contributed by atoms with Crippen LogP contribution in [0.1, 0.15) is 41.5 Å². The first-order chi connectivity index (χ1) is 7.88. The molecule has 98 valence electrons. The topological polar surface area (TPSA) is 43.2 Å². The van der Waals surface area contributed by atoms with Gasteiger partial charge in [0.2, 0.25) is 0 Å². The van der Waals surface area contributed by atoms with Crippen LogP contribution in [-0.2, 0) is 9.05 Å². The fourth-order valence-corrected chi connectivity index (χ4v) is 1.34. The summed E-state index contributed by atoms with van der Waals surface area (Å²) < 4.78 is 10.6. The van der Waals surface area contributed by atoms with E-state index in [1.54, 1.807) is 5.70 Å². The average molecular weight is 256 g/mol. The molecule has 0 aromatic rings. The van der Waals surface area contributed by atoms with Crippen molar-refractivity contribution in [2.75, 3.05) is 0 Å². The molecule has 0 heterocycles. The molecule has 0 rings (SSSR count). The zero-order valence-electron chi connectivity index (χ0n) is 11.7. The predicted octanol–water partition coefficient (Wildman–Crippen LogP) is 3.03. The van der Waals surface area contributed by atoms with Gasteiger partial charge in [0.1, 0.15) is 0 Å². The first-order valence-corrected chi connectivity index (χ1v) is 7.52. The molecule has 0 bridgehead atoms. The molecule has 0 atom stereocenters. The lowest BCUT2D eigenvalue weighted by molar-refractivity contribution is 0.219. The van der Waals surface area contributed by atoms with Crippen LogP contribution in [0.4, 0.5) is 0 Å². The van der Waals surface area contributed by atoms with E-state index in [0.29, 0.717) is 11.8 Å². The van der Waals surface area contributed by atoms with E-state index in [9.17, 15) is 0 Å². The van der Waals surface area contributed by atoms with Crippen molar-refractivity contribution >= 4 is 20.7 Å². The van der Waals surface area contributed by atoms with Crippen molar-refractivity contribution in [1.82, 2.24) is 0 Å². The summed E-state index contributed by atoms with van der Waals surface area (Å²) in [7, 11) is -2.02. The third kappa shape index (κ3) is 6.94. The Bertz CT molecular complexity index is 273. The molecule has 0 radical (unpaired) electrons. The number of oxime groups is 2. The molecule has 0 saturated heterocycles. The van der Waals surface area contributed by atoms with Gasteiger partial charge in [-0.05, 0) is 31.4 Å². The third-order valence-electron chi connectivity index (χ3n) is 2.46. The van der Waals surface area contributed by atoms with Gasteiger partial charge in [-0.25, -0.2) is 0 Å². The van der Waals surface area contributed by atoms with Crippen LogP contribution < -0.4 is 0 Å². The maximum Gasteiger partial charge on any atom is 0.519 e. The Balaban J connectivity index is 4.32. The van der Waals surface area contributed by atoms with Gasteiger partial charge in [0.15, 0.2) is 0 Å². The standard InChI is InChI=1S/C12H24N2O2Si/c1-8-17(15-13-11(6)9(2)3)16-14-12(7)10(4)5/h8-10,17H,1H2,2-7H3. The Morgan fingerprint density at radius 3 is 1.59 bits per heavy atom. The Hall–Kier alpha value is -1.10. The van der Waals surface area contributed by atoms with E-state index in [1.807, 2.05) is 13.8 Å². The zero-order valence-corrected chi connectivity index (χ0v) is 12.9. The highest BCUT2D eigenvalue weighted by molar-refractivity contribution is 6.50. The van der Waals surface area contributed by atoms with E-state index < -0.39 is 9.28 Å². The molecule has 17 heavy (non-hydrogen) atoms. The molecule has 0 aromatic heterocycles. The van der Waals surface area contributed by atoms with Crippen LogP contribution in [0.3, 0.4) is 0 Å². The highest BCUT2D eigenvalue weighted by atomic mass is 28.3. The minimum Gasteiger partial charge on any atom is -0.406 e. The van der Waals surface area contributed by atoms with Crippen molar-refractivity contribution in [2.24, 2.45) is 22.1 Å². The summed E-state index contributed by atoms with van der Waals surface area (Å²) in [6.45, 7) is 15.8. The maximum atomic E-state index is 5.32. The Labute approximate surface area is 106 Å². The van der Waals surface area contributed by atoms with E-state index >= 15 is 0 Å². The second kappa shape index (κ2) is 8.06. The number of hydrogen-bond acceptors (Lipinski definition) is 4. The fraction of sp³-hybridized carbons (Fsp3) is 0.667. The summed E-state index contributed by atoms with van der Waals surface area (Å²) in [5, 5.41) is 8.06. The Kier molecular flexibility index (Phi) is 7.53. The largest absolute Gasteiger partial charge is 0.519 e. The van der Waals surface area contributed by atoms with Gasteiger partial charge < -0.3 is 9.05 Å². The quantitative estimate of drug-likeness (QED) is 0.399. The van der Waals surface area contributed by atoms with Crippen LogP contribution in [0.2, 0.25) is 0 Å². The zero-order chi connectivity index (χ0) is 13.4. The van der Waals surface area contributed by atoms with Gasteiger partial charge in [0, 0.05) is 0 Å². The molecule has 0 unspecified atom stereocenters. The van der Waals surface area contributed by atoms with Gasteiger partial charge in [-0.2, -0.15) is 0 Å². The van der Waals surface area contributed by atoms with E-state index in [0.717, 1.165) is 11.4 Å². The van der Waals surface area contributed by atoms with Crippen molar-refractivity contribution in [3.63, 3.8) is 0 Å². The van der Waals surface area contributed by atoms with Gasteiger partial charge in [-0.15, -0.1) is 16.9 Å². The molecule has 0 spiro atoms. The molecule has 0 aliphatic rings. The number of hydrogen-bond donors (Lipinski definition) is 0. The fourth-order valence-electron chi connectivity index (χ4n) is 0.586. The SMILES string of the molecule is C=C[SiH](ON=C(C)C(C)C)ON=C(C)C(C)C. The number of nitrogens with zero attached hydrogens (tertiary/aromatic N) is 2. The molecule has 0 aromatic carbocycles. The van der Waals surface area contributed by atoms with E-state index in [1.165, 1.54) is 0 Å². The molecule has 0 aliphatic heterocycles. The summed E-state index contributed by atoms with van der Waals surface area (Å²) >= 11 is 0. The summed E-state index contributed by atoms with van der Waals surface area (Å²) in [6.07, 6.45) is 0. The van der Waals surface area contributed by atoms with Crippen LogP contribution in [0, 0.1) is 11.8 Å². The van der Waals surface area contributed by atoms with Crippen LogP contribution in [0.15, 0.2) is 22.6 Å². The Morgan fingerprint density at radius 1 is 1.00 bits per heavy atom. The molecule has 0 fully saturated rings. The predicted molar refractivity (Wildman–Crippen MR) is 75.4 cm³/mol. The second-order valence-electron chi connectivity index (χ2n) is 4.59. The monoisotopic (exact) mass is 256 g/mol. The summed E-state index contributed by atoms with van der Waals surface area (Å²) in [5.41, 5.74) is 3.55. The summed E-state index contributed by atoms with van der Waals surface area (Å²) in [4.78, 5) is 0. The normalized spacial score (nSPS) is 15.1. The van der Waals surface area contributed by atoms with Crippen LogP contribution in [0.5, 0.6) is 0 Å². The minimum absolute atomic E-state index is 0.371. The maximum absolute atomic E-state index is 5.32. The highest BCUT2D eigenvalue weighted by Crippen LogP contribution is 2.02. The van der Waals surface area contributed by atoms with E-state index in [2.05, 4.69) is 44.6 Å². The van der Waals surface area contributed by atoms with Gasteiger partial charge in [0.25, 0.3) is 0 Å². The summed E-state index contributed by atoms with van der Waals surface area (Å²) in [5.74, 6) is 0.741. The first kappa shape index (κ1) is 15.9. The number of rotatable bonds is 7. The molecule has 0 N–H and O–H groups in total. The molecular formula is C12H24N2O2Si. The van der Waals surface area contributed by atoms with E-state index in [-0.39, 0.29) is 0 Å². The minimum atomic E-state index is -2.02. The van der Waals surface area contributed by atoms with Crippen molar-refractivity contribution in [3.05, 3.63) is 12.3 Å². The summed E-state index contributed by atoms with van der Waals surface area (Å²) in [6, 6.07) is 0. The molecule has 4 nitrogen and oxygen atoms in total. The Morgan fingerprint density at radius 2 is 1.35 bits per heavy atom. The van der Waals surface area contributed by atoms with Crippen LogP contribution >= 0.6 is 0 Å². The highest BCUT2D eigenvalue weighted by Gasteiger charge is 2.12. The molecule has 5 heteroatoms. The molecule has 0 amide bonds. The average Bonchev–Trinajstić information content (AvgIpc) is 2.28. The van der Waals surface area contributed by atoms with Gasteiger partial charge in [-0.1, -0.05) is 27.7 Å². The molecular weight excluding hydrogens is 232 g/mol. The van der Waals surface area contributed by atoms with Crippen molar-refractivity contribution < 1.29 is 9.05 Å². The smallest absolute Gasteiger partial charge is 0.406 e. The molecule has 0 saturated carbocycles. The molecule has 0 aliphatic carbocycles. The first-order valence-electron chi connectivity index (χ1n) is 5.91. The van der Waals surface area contributed by atoms with Gasteiger partial charge in [0.05, 0.1) is 11.4 Å². The van der Waals surface area contributed by atoms with Crippen molar-refractivity contribution in [3.8, 4) is 0 Å².